The highest BCUT2D eigenvalue weighted by atomic mass is 32.1. The van der Waals surface area contributed by atoms with Gasteiger partial charge in [0.1, 0.15) is 5.01 Å². The number of aromatic nitrogens is 1. The molecule has 0 atom stereocenters. The highest BCUT2D eigenvalue weighted by molar-refractivity contribution is 7.10. The molecule has 0 aliphatic rings. The standard InChI is InChI=1S/C7H9NS.C2H6/c1-2-3-4-7-8-5-6-9-7;1-2/h3-6H,2H2,1H3;1-2H3/b4-3+;. The van der Waals surface area contributed by atoms with Gasteiger partial charge in [0.25, 0.3) is 0 Å². The lowest BCUT2D eigenvalue weighted by Gasteiger charge is -1.77. The Bertz CT molecular complexity index is 177. The van der Waals surface area contributed by atoms with Crippen LogP contribution in [-0.2, 0) is 0 Å². The van der Waals surface area contributed by atoms with E-state index in [1.807, 2.05) is 31.5 Å². The molecule has 0 aromatic carbocycles. The first-order chi connectivity index (χ1) is 5.43. The molecule has 62 valence electrons. The summed E-state index contributed by atoms with van der Waals surface area (Å²) in [5, 5.41) is 3.08. The molecule has 11 heavy (non-hydrogen) atoms. The molecule has 0 bridgehead atoms. The van der Waals surface area contributed by atoms with Crippen molar-refractivity contribution in [2.24, 2.45) is 0 Å². The number of thiazole rings is 1. The summed E-state index contributed by atoms with van der Waals surface area (Å²) in [7, 11) is 0. The van der Waals surface area contributed by atoms with E-state index in [2.05, 4.69) is 18.0 Å². The third-order valence-corrected chi connectivity index (χ3v) is 1.69. The fourth-order valence-electron chi connectivity index (χ4n) is 0.535. The first kappa shape index (κ1) is 10.4. The molecular formula is C9H15NS. The van der Waals surface area contributed by atoms with E-state index in [0.29, 0.717) is 0 Å². The lowest BCUT2D eigenvalue weighted by molar-refractivity contribution is 1.23. The van der Waals surface area contributed by atoms with Crippen LogP contribution in [0.25, 0.3) is 6.08 Å². The van der Waals surface area contributed by atoms with Gasteiger partial charge >= 0.3 is 0 Å². The minimum Gasteiger partial charge on any atom is -0.245 e. The Morgan fingerprint density at radius 3 is 2.73 bits per heavy atom. The molecule has 1 rings (SSSR count). The summed E-state index contributed by atoms with van der Waals surface area (Å²) in [5.41, 5.74) is 0. The molecule has 1 heterocycles. The normalized spacial score (nSPS) is 9.36. The zero-order valence-electron chi connectivity index (χ0n) is 7.37. The van der Waals surface area contributed by atoms with Gasteiger partial charge in [-0.25, -0.2) is 4.98 Å². The molecule has 1 aromatic rings. The first-order valence-corrected chi connectivity index (χ1v) is 4.87. The number of nitrogens with zero attached hydrogens (tertiary/aromatic N) is 1. The summed E-state index contributed by atoms with van der Waals surface area (Å²) in [6, 6.07) is 0. The van der Waals surface area contributed by atoms with E-state index < -0.39 is 0 Å². The van der Waals surface area contributed by atoms with Crippen LogP contribution in [0, 0.1) is 0 Å². The van der Waals surface area contributed by atoms with Crippen LogP contribution in [0.1, 0.15) is 32.2 Å². The summed E-state index contributed by atoms with van der Waals surface area (Å²) in [5.74, 6) is 0. The molecule has 0 unspecified atom stereocenters. The quantitative estimate of drug-likeness (QED) is 0.659. The number of hydrogen-bond acceptors (Lipinski definition) is 2. The monoisotopic (exact) mass is 169 g/mol. The Morgan fingerprint density at radius 2 is 2.27 bits per heavy atom. The van der Waals surface area contributed by atoms with Gasteiger partial charge in [-0.05, 0) is 12.5 Å². The van der Waals surface area contributed by atoms with Crippen molar-refractivity contribution in [2.45, 2.75) is 27.2 Å². The Morgan fingerprint density at radius 1 is 1.55 bits per heavy atom. The third kappa shape index (κ3) is 4.73. The van der Waals surface area contributed by atoms with Crippen LogP contribution in [0.15, 0.2) is 17.7 Å². The summed E-state index contributed by atoms with van der Waals surface area (Å²) < 4.78 is 0. The van der Waals surface area contributed by atoms with Gasteiger partial charge in [0.2, 0.25) is 0 Å². The number of allylic oxidation sites excluding steroid dienone is 1. The van der Waals surface area contributed by atoms with Crippen molar-refractivity contribution in [3.63, 3.8) is 0 Å². The Balaban J connectivity index is 0.000000461. The second-order valence-corrected chi connectivity index (χ2v) is 2.61. The fourth-order valence-corrected chi connectivity index (χ4v) is 1.09. The average molecular weight is 169 g/mol. The lowest BCUT2D eigenvalue weighted by Crippen LogP contribution is -1.62. The van der Waals surface area contributed by atoms with Crippen molar-refractivity contribution >= 4 is 17.4 Å². The minimum atomic E-state index is 1.08. The van der Waals surface area contributed by atoms with E-state index in [1.54, 1.807) is 11.3 Å². The zero-order chi connectivity index (χ0) is 8.53. The summed E-state index contributed by atoms with van der Waals surface area (Å²) in [6.07, 6.45) is 7.06. The van der Waals surface area contributed by atoms with Crippen molar-refractivity contribution < 1.29 is 0 Å². The van der Waals surface area contributed by atoms with Gasteiger partial charge in [-0.15, -0.1) is 11.3 Å². The molecule has 0 fully saturated rings. The molecule has 0 saturated heterocycles. The van der Waals surface area contributed by atoms with Gasteiger partial charge < -0.3 is 0 Å². The maximum atomic E-state index is 4.09. The van der Waals surface area contributed by atoms with E-state index >= 15 is 0 Å². The maximum Gasteiger partial charge on any atom is 0.115 e. The van der Waals surface area contributed by atoms with Crippen LogP contribution in [0.5, 0.6) is 0 Å². The smallest absolute Gasteiger partial charge is 0.115 e. The largest absolute Gasteiger partial charge is 0.245 e. The molecule has 0 radical (unpaired) electrons. The second kappa shape index (κ2) is 7.48. The third-order valence-electron chi connectivity index (χ3n) is 0.948. The zero-order valence-corrected chi connectivity index (χ0v) is 8.19. The predicted molar refractivity (Wildman–Crippen MR) is 52.8 cm³/mol. The van der Waals surface area contributed by atoms with Gasteiger partial charge in [0.15, 0.2) is 0 Å². The van der Waals surface area contributed by atoms with Gasteiger partial charge in [-0.1, -0.05) is 26.8 Å². The molecule has 0 N–H and O–H groups in total. The van der Waals surface area contributed by atoms with Crippen molar-refractivity contribution in [1.82, 2.24) is 4.98 Å². The highest BCUT2D eigenvalue weighted by Gasteiger charge is 1.83. The van der Waals surface area contributed by atoms with Crippen LogP contribution >= 0.6 is 11.3 Å². The topological polar surface area (TPSA) is 12.9 Å². The highest BCUT2D eigenvalue weighted by Crippen LogP contribution is 2.05. The van der Waals surface area contributed by atoms with Gasteiger partial charge in [-0.2, -0.15) is 0 Å². The van der Waals surface area contributed by atoms with Gasteiger partial charge in [0.05, 0.1) is 0 Å². The molecule has 1 nitrogen and oxygen atoms in total. The van der Waals surface area contributed by atoms with E-state index in [0.717, 1.165) is 11.4 Å². The average Bonchev–Trinajstić information content (AvgIpc) is 2.57. The SMILES string of the molecule is CC.CC/C=C/c1nccs1. The van der Waals surface area contributed by atoms with Crippen molar-refractivity contribution in [3.8, 4) is 0 Å². The van der Waals surface area contributed by atoms with Crippen LogP contribution in [-0.4, -0.2) is 4.98 Å². The molecule has 0 amide bonds. The lowest BCUT2D eigenvalue weighted by atomic mass is 10.4. The van der Waals surface area contributed by atoms with E-state index in [9.17, 15) is 0 Å². The molecule has 2 heteroatoms. The van der Waals surface area contributed by atoms with Crippen molar-refractivity contribution in [2.75, 3.05) is 0 Å². The van der Waals surface area contributed by atoms with E-state index in [4.69, 9.17) is 0 Å². The predicted octanol–water partition coefficient (Wildman–Crippen LogP) is 3.59. The summed E-state index contributed by atoms with van der Waals surface area (Å²) in [4.78, 5) is 4.09. The van der Waals surface area contributed by atoms with Crippen LogP contribution < -0.4 is 0 Å². The van der Waals surface area contributed by atoms with Crippen molar-refractivity contribution in [1.29, 1.82) is 0 Å². The van der Waals surface area contributed by atoms with E-state index in [1.165, 1.54) is 0 Å². The Labute approximate surface area is 72.8 Å². The first-order valence-electron chi connectivity index (χ1n) is 3.99. The van der Waals surface area contributed by atoms with Crippen LogP contribution in [0.3, 0.4) is 0 Å². The number of hydrogen-bond donors (Lipinski definition) is 0. The van der Waals surface area contributed by atoms with Gasteiger partial charge in [-0.3, -0.25) is 0 Å². The van der Waals surface area contributed by atoms with Crippen LogP contribution in [0.4, 0.5) is 0 Å². The van der Waals surface area contributed by atoms with Gasteiger partial charge in [0, 0.05) is 11.6 Å². The van der Waals surface area contributed by atoms with E-state index in [-0.39, 0.29) is 0 Å². The molecular weight excluding hydrogens is 154 g/mol. The fraction of sp³-hybridized carbons (Fsp3) is 0.444. The van der Waals surface area contributed by atoms with Crippen molar-refractivity contribution in [3.05, 3.63) is 22.7 Å². The number of rotatable bonds is 2. The Hall–Kier alpha value is -0.630. The summed E-state index contributed by atoms with van der Waals surface area (Å²) >= 11 is 1.66. The van der Waals surface area contributed by atoms with Crippen LogP contribution in [0.2, 0.25) is 0 Å². The second-order valence-electron chi connectivity index (χ2n) is 1.68. The maximum absolute atomic E-state index is 4.09. The molecule has 0 spiro atoms. The minimum absolute atomic E-state index is 1.08. The molecule has 1 aromatic heterocycles. The molecule has 0 saturated carbocycles. The molecule has 0 aliphatic carbocycles. The Kier molecular flexibility index (Phi) is 7.05. The molecule has 0 aliphatic heterocycles. The summed E-state index contributed by atoms with van der Waals surface area (Å²) in [6.45, 7) is 6.12.